The molecule has 0 saturated carbocycles. The van der Waals surface area contributed by atoms with E-state index in [0.29, 0.717) is 0 Å². The zero-order valence-electron chi connectivity index (χ0n) is 9.07. The molecule has 0 radical (unpaired) electrons. The normalized spacial score (nSPS) is 8.65. The van der Waals surface area contributed by atoms with Crippen LogP contribution < -0.4 is 0 Å². The number of sulfone groups is 1. The Balaban J connectivity index is 0.000000302. The standard InChI is InChI=1S/C8H10.C4I2O2S/c1-2-8-6-4-3-5-7-8;5-1-3-9(7,8)4-2-6/h3-7H,2H2,1H3;. The van der Waals surface area contributed by atoms with E-state index in [1.54, 1.807) is 45.2 Å². The van der Waals surface area contributed by atoms with Crippen molar-refractivity contribution in [1.29, 1.82) is 0 Å². The van der Waals surface area contributed by atoms with E-state index in [2.05, 4.69) is 39.0 Å². The van der Waals surface area contributed by atoms with Crippen LogP contribution in [0.1, 0.15) is 12.5 Å². The second-order valence-corrected chi connectivity index (χ2v) is 5.23. The zero-order chi connectivity index (χ0) is 13.1. The van der Waals surface area contributed by atoms with Crippen molar-refractivity contribution >= 4 is 55.0 Å². The molecule has 0 aliphatic rings. The molecule has 0 saturated heterocycles. The largest absolute Gasteiger partial charge is 0.285 e. The van der Waals surface area contributed by atoms with Crippen LogP contribution in [0, 0.1) is 18.4 Å². The van der Waals surface area contributed by atoms with Gasteiger partial charge >= 0.3 is 0 Å². The first kappa shape index (κ1) is 16.8. The lowest BCUT2D eigenvalue weighted by atomic mass is 10.2. The maximum absolute atomic E-state index is 10.5. The molecule has 0 N–H and O–H groups in total. The third kappa shape index (κ3) is 9.45. The summed E-state index contributed by atoms with van der Waals surface area (Å²) in [6.45, 7) is 2.16. The van der Waals surface area contributed by atoms with Crippen molar-refractivity contribution in [2.45, 2.75) is 13.3 Å². The number of halogens is 2. The van der Waals surface area contributed by atoms with Crippen molar-refractivity contribution in [3.63, 3.8) is 0 Å². The fourth-order valence-corrected chi connectivity index (χ4v) is 2.83. The number of aryl methyl sites for hydroxylation is 1. The van der Waals surface area contributed by atoms with Crippen LogP contribution in [0.5, 0.6) is 0 Å². The van der Waals surface area contributed by atoms with E-state index in [0.717, 1.165) is 6.42 Å². The highest BCUT2D eigenvalue weighted by Crippen LogP contribution is 1.96. The minimum Gasteiger partial charge on any atom is -0.202 e. The molecular formula is C12H10I2O2S. The van der Waals surface area contributed by atoms with Crippen molar-refractivity contribution in [2.75, 3.05) is 0 Å². The van der Waals surface area contributed by atoms with Gasteiger partial charge in [0, 0.05) is 45.2 Å². The minimum absolute atomic E-state index is 1.14. The summed E-state index contributed by atoms with van der Waals surface area (Å²) in [6.07, 6.45) is 1.14. The van der Waals surface area contributed by atoms with Crippen molar-refractivity contribution in [2.24, 2.45) is 0 Å². The van der Waals surface area contributed by atoms with E-state index in [1.165, 1.54) is 5.56 Å². The highest BCUT2D eigenvalue weighted by molar-refractivity contribution is 14.1. The van der Waals surface area contributed by atoms with Crippen LogP contribution >= 0.6 is 45.2 Å². The van der Waals surface area contributed by atoms with Crippen LogP contribution in [0.2, 0.25) is 0 Å². The van der Waals surface area contributed by atoms with E-state index in [1.807, 2.05) is 16.6 Å². The predicted molar refractivity (Wildman–Crippen MR) is 88.3 cm³/mol. The number of hydrogen-bond acceptors (Lipinski definition) is 2. The second-order valence-electron chi connectivity index (χ2n) is 2.74. The van der Waals surface area contributed by atoms with Crippen LogP contribution in [0.15, 0.2) is 30.3 Å². The number of rotatable bonds is 1. The van der Waals surface area contributed by atoms with Crippen molar-refractivity contribution < 1.29 is 8.42 Å². The Morgan fingerprint density at radius 2 is 1.53 bits per heavy atom. The highest BCUT2D eigenvalue weighted by Gasteiger charge is 1.95. The SMILES string of the molecule is CCc1ccccc1.O=S(=O)(C#CI)C#CI. The Morgan fingerprint density at radius 3 is 1.82 bits per heavy atom. The third-order valence-corrected chi connectivity index (χ3v) is 3.61. The summed E-state index contributed by atoms with van der Waals surface area (Å²) in [4.78, 5) is 0. The lowest BCUT2D eigenvalue weighted by Gasteiger charge is -1.89. The molecule has 0 spiro atoms. The minimum atomic E-state index is -3.42. The zero-order valence-corrected chi connectivity index (χ0v) is 14.2. The Bertz CT molecular complexity index is 517. The molecule has 0 aliphatic heterocycles. The van der Waals surface area contributed by atoms with Gasteiger partial charge in [-0.15, -0.1) is 0 Å². The molecule has 0 unspecified atom stereocenters. The van der Waals surface area contributed by atoms with Crippen LogP contribution in [-0.4, -0.2) is 8.42 Å². The quantitative estimate of drug-likeness (QED) is 0.465. The Hall–Kier alpha value is -0.250. The first-order valence-electron chi connectivity index (χ1n) is 4.59. The third-order valence-electron chi connectivity index (χ3n) is 1.60. The van der Waals surface area contributed by atoms with Gasteiger partial charge in [-0.1, -0.05) is 37.3 Å². The lowest BCUT2D eigenvalue weighted by molar-refractivity contribution is 0.615. The fourth-order valence-electron chi connectivity index (χ4n) is 0.841. The van der Waals surface area contributed by atoms with E-state index in [-0.39, 0.29) is 0 Å². The topological polar surface area (TPSA) is 34.1 Å². The van der Waals surface area contributed by atoms with Crippen LogP contribution in [0.4, 0.5) is 0 Å². The molecule has 0 amide bonds. The molecule has 0 bridgehead atoms. The Labute approximate surface area is 130 Å². The predicted octanol–water partition coefficient (Wildman–Crippen LogP) is 3.36. The van der Waals surface area contributed by atoms with E-state index < -0.39 is 9.84 Å². The van der Waals surface area contributed by atoms with Gasteiger partial charge in [-0.05, 0) is 19.8 Å². The van der Waals surface area contributed by atoms with Crippen molar-refractivity contribution in [3.8, 4) is 18.4 Å². The molecule has 17 heavy (non-hydrogen) atoms. The van der Waals surface area contributed by atoms with Crippen LogP contribution in [-0.2, 0) is 16.3 Å². The van der Waals surface area contributed by atoms with E-state index in [9.17, 15) is 8.42 Å². The van der Waals surface area contributed by atoms with Crippen molar-refractivity contribution in [3.05, 3.63) is 35.9 Å². The molecule has 0 aromatic heterocycles. The molecule has 1 aromatic carbocycles. The van der Waals surface area contributed by atoms with Crippen LogP contribution in [0.3, 0.4) is 0 Å². The monoisotopic (exact) mass is 472 g/mol. The van der Waals surface area contributed by atoms with Gasteiger partial charge in [0.2, 0.25) is 0 Å². The molecule has 0 heterocycles. The Morgan fingerprint density at radius 1 is 1.06 bits per heavy atom. The smallest absolute Gasteiger partial charge is 0.202 e. The average molecular weight is 472 g/mol. The summed E-state index contributed by atoms with van der Waals surface area (Å²) in [5, 5.41) is 3.91. The molecule has 0 atom stereocenters. The summed E-state index contributed by atoms with van der Waals surface area (Å²) in [5.41, 5.74) is 1.41. The molecule has 0 fully saturated rings. The molecule has 1 aromatic rings. The maximum Gasteiger partial charge on any atom is 0.285 e. The van der Waals surface area contributed by atoms with Crippen LogP contribution in [0.25, 0.3) is 0 Å². The van der Waals surface area contributed by atoms with Gasteiger partial charge in [-0.2, -0.15) is 0 Å². The van der Waals surface area contributed by atoms with Gasteiger partial charge in [-0.25, -0.2) is 8.42 Å². The van der Waals surface area contributed by atoms with Gasteiger partial charge in [-0.3, -0.25) is 0 Å². The average Bonchev–Trinajstić information content (AvgIpc) is 2.31. The summed E-state index contributed by atoms with van der Waals surface area (Å²) >= 11 is 3.28. The molecule has 5 heteroatoms. The van der Waals surface area contributed by atoms with E-state index >= 15 is 0 Å². The molecule has 2 nitrogen and oxygen atoms in total. The summed E-state index contributed by atoms with van der Waals surface area (Å²) < 4.78 is 25.4. The summed E-state index contributed by atoms with van der Waals surface area (Å²) in [6, 6.07) is 10.5. The Kier molecular flexibility index (Phi) is 9.60. The van der Waals surface area contributed by atoms with Gasteiger partial charge in [0.1, 0.15) is 0 Å². The van der Waals surface area contributed by atoms with Gasteiger partial charge in [0.25, 0.3) is 9.84 Å². The van der Waals surface area contributed by atoms with Gasteiger partial charge in [0.15, 0.2) is 0 Å². The van der Waals surface area contributed by atoms with Crippen molar-refractivity contribution in [1.82, 2.24) is 0 Å². The molecule has 90 valence electrons. The van der Waals surface area contributed by atoms with Gasteiger partial charge < -0.3 is 0 Å². The molecule has 0 aliphatic carbocycles. The first-order chi connectivity index (χ1) is 8.05. The number of hydrogen-bond donors (Lipinski definition) is 0. The lowest BCUT2D eigenvalue weighted by Crippen LogP contribution is -1.87. The molecular weight excluding hydrogens is 462 g/mol. The highest BCUT2D eigenvalue weighted by atomic mass is 127. The van der Waals surface area contributed by atoms with E-state index in [4.69, 9.17) is 0 Å². The second kappa shape index (κ2) is 9.75. The summed E-state index contributed by atoms with van der Waals surface area (Å²) in [5.74, 6) is 0. The summed E-state index contributed by atoms with van der Waals surface area (Å²) in [7, 11) is -3.42. The first-order valence-corrected chi connectivity index (χ1v) is 8.23. The van der Waals surface area contributed by atoms with Gasteiger partial charge in [0.05, 0.1) is 10.5 Å². The fraction of sp³-hybridized carbons (Fsp3) is 0.167. The number of benzene rings is 1. The molecule has 1 rings (SSSR count). The maximum atomic E-state index is 10.5.